The average molecular weight is 239 g/mol. The summed E-state index contributed by atoms with van der Waals surface area (Å²) < 4.78 is 0. The Morgan fingerprint density at radius 3 is 2.65 bits per heavy atom. The van der Waals surface area contributed by atoms with Crippen molar-refractivity contribution in [3.05, 3.63) is 11.8 Å². The summed E-state index contributed by atoms with van der Waals surface area (Å²) in [5, 5.41) is 11.3. The molecule has 5 N–H and O–H groups in total. The predicted molar refractivity (Wildman–Crippen MR) is 63.2 cm³/mol. The minimum absolute atomic E-state index is 0.137. The third-order valence-electron chi connectivity index (χ3n) is 2.37. The van der Waals surface area contributed by atoms with Gasteiger partial charge in [-0.3, -0.25) is 14.7 Å². The second-order valence-electron chi connectivity index (χ2n) is 4.35. The molecule has 0 atom stereocenters. The number of nitrogens with two attached hydrogens (primary N) is 1. The average Bonchev–Trinajstić information content (AvgIpc) is 2.71. The van der Waals surface area contributed by atoms with Gasteiger partial charge in [0.1, 0.15) is 11.5 Å². The monoisotopic (exact) mass is 239 g/mol. The van der Waals surface area contributed by atoms with Crippen LogP contribution in [-0.2, 0) is 4.79 Å². The number of aromatic amines is 1. The van der Waals surface area contributed by atoms with Gasteiger partial charge in [-0.25, -0.2) is 0 Å². The lowest BCUT2D eigenvalue weighted by Crippen LogP contribution is -2.43. The molecule has 0 aromatic carbocycles. The maximum atomic E-state index is 11.6. The summed E-state index contributed by atoms with van der Waals surface area (Å²) in [6.07, 6.45) is 0. The van der Waals surface area contributed by atoms with Crippen molar-refractivity contribution in [2.75, 3.05) is 19.3 Å². The first kappa shape index (κ1) is 13.0. The summed E-state index contributed by atoms with van der Waals surface area (Å²) in [6, 6.07) is 1.43. The normalized spacial score (nSPS) is 11.0. The highest BCUT2D eigenvalue weighted by Crippen LogP contribution is 2.13. The lowest BCUT2D eigenvalue weighted by molar-refractivity contribution is -0.128. The van der Waals surface area contributed by atoms with Crippen LogP contribution in [0.25, 0.3) is 0 Å². The van der Waals surface area contributed by atoms with Crippen molar-refractivity contribution < 1.29 is 9.59 Å². The van der Waals surface area contributed by atoms with Crippen LogP contribution in [0.4, 0.5) is 5.82 Å². The van der Waals surface area contributed by atoms with E-state index in [0.717, 1.165) is 0 Å². The zero-order chi connectivity index (χ0) is 13.1. The van der Waals surface area contributed by atoms with Crippen LogP contribution in [0.5, 0.6) is 0 Å². The maximum Gasteiger partial charge on any atom is 0.269 e. The summed E-state index contributed by atoms with van der Waals surface area (Å²) >= 11 is 0. The molecule has 1 aromatic heterocycles. The molecule has 94 valence electrons. The standard InChI is InChI=1S/C10H17N5O2/c1-10(2,9(17)12-3)5-13-8(16)6-4-7(11)15-14-6/h4H,5H2,1-3H3,(H,12,17)(H,13,16)(H3,11,14,15). The van der Waals surface area contributed by atoms with Crippen LogP contribution in [0.2, 0.25) is 0 Å². The molecule has 0 aliphatic rings. The largest absolute Gasteiger partial charge is 0.382 e. The van der Waals surface area contributed by atoms with Gasteiger partial charge in [-0.2, -0.15) is 5.10 Å². The van der Waals surface area contributed by atoms with Crippen molar-refractivity contribution in [1.29, 1.82) is 0 Å². The molecule has 1 rings (SSSR count). The van der Waals surface area contributed by atoms with Crippen LogP contribution in [0.3, 0.4) is 0 Å². The van der Waals surface area contributed by atoms with Gasteiger partial charge in [0.15, 0.2) is 0 Å². The summed E-state index contributed by atoms with van der Waals surface area (Å²) in [6.45, 7) is 3.71. The third-order valence-corrected chi connectivity index (χ3v) is 2.37. The second-order valence-corrected chi connectivity index (χ2v) is 4.35. The zero-order valence-corrected chi connectivity index (χ0v) is 10.1. The number of nitrogens with one attached hydrogen (secondary N) is 3. The van der Waals surface area contributed by atoms with Gasteiger partial charge < -0.3 is 16.4 Å². The number of nitrogens with zero attached hydrogens (tertiary/aromatic N) is 1. The van der Waals surface area contributed by atoms with Crippen LogP contribution >= 0.6 is 0 Å². The Labute approximate surface area is 99.1 Å². The molecule has 2 amide bonds. The first-order chi connectivity index (χ1) is 7.86. The van der Waals surface area contributed by atoms with E-state index < -0.39 is 5.41 Å². The van der Waals surface area contributed by atoms with E-state index >= 15 is 0 Å². The molecule has 0 saturated heterocycles. The van der Waals surface area contributed by atoms with Crippen molar-refractivity contribution in [1.82, 2.24) is 20.8 Å². The number of carbonyl (C=O) groups excluding carboxylic acids is 2. The number of carbonyl (C=O) groups is 2. The fourth-order valence-corrected chi connectivity index (χ4v) is 1.27. The number of nitrogen functional groups attached to an aromatic ring is 1. The number of amides is 2. The van der Waals surface area contributed by atoms with Gasteiger partial charge >= 0.3 is 0 Å². The maximum absolute atomic E-state index is 11.6. The highest BCUT2D eigenvalue weighted by atomic mass is 16.2. The topological polar surface area (TPSA) is 113 Å². The molecule has 0 radical (unpaired) electrons. The van der Waals surface area contributed by atoms with E-state index in [1.54, 1.807) is 20.9 Å². The molecule has 7 heteroatoms. The number of H-pyrrole nitrogens is 1. The van der Waals surface area contributed by atoms with Gasteiger partial charge in [0.25, 0.3) is 5.91 Å². The van der Waals surface area contributed by atoms with E-state index in [9.17, 15) is 9.59 Å². The molecule has 0 saturated carbocycles. The lowest BCUT2D eigenvalue weighted by atomic mass is 9.92. The van der Waals surface area contributed by atoms with Crippen LogP contribution < -0.4 is 16.4 Å². The first-order valence-electron chi connectivity index (χ1n) is 5.18. The van der Waals surface area contributed by atoms with E-state index in [2.05, 4.69) is 20.8 Å². The summed E-state index contributed by atoms with van der Waals surface area (Å²) in [4.78, 5) is 23.1. The second kappa shape index (κ2) is 4.86. The number of anilines is 1. The van der Waals surface area contributed by atoms with E-state index in [-0.39, 0.29) is 29.9 Å². The first-order valence-corrected chi connectivity index (χ1v) is 5.18. The van der Waals surface area contributed by atoms with Gasteiger partial charge in [0.2, 0.25) is 5.91 Å². The Bertz CT molecular complexity index is 424. The Morgan fingerprint density at radius 1 is 1.53 bits per heavy atom. The molecule has 0 unspecified atom stereocenters. The molecule has 17 heavy (non-hydrogen) atoms. The van der Waals surface area contributed by atoms with E-state index in [0.29, 0.717) is 0 Å². The van der Waals surface area contributed by atoms with Gasteiger partial charge in [0, 0.05) is 19.7 Å². The lowest BCUT2D eigenvalue weighted by Gasteiger charge is -2.22. The SMILES string of the molecule is CNC(=O)C(C)(C)CNC(=O)c1cc(N)n[nH]1. The van der Waals surface area contributed by atoms with Crippen molar-refractivity contribution >= 4 is 17.6 Å². The Hall–Kier alpha value is -2.05. The van der Waals surface area contributed by atoms with Crippen LogP contribution in [0, 0.1) is 5.41 Å². The predicted octanol–water partition coefficient (Wildman–Crippen LogP) is -0.506. The quantitative estimate of drug-likeness (QED) is 0.567. The third kappa shape index (κ3) is 3.20. The zero-order valence-electron chi connectivity index (χ0n) is 10.1. The minimum Gasteiger partial charge on any atom is -0.382 e. The number of rotatable bonds is 4. The van der Waals surface area contributed by atoms with Crippen molar-refractivity contribution in [3.8, 4) is 0 Å². The van der Waals surface area contributed by atoms with Crippen molar-refractivity contribution in [2.45, 2.75) is 13.8 Å². The minimum atomic E-state index is -0.671. The van der Waals surface area contributed by atoms with Crippen LogP contribution in [0.15, 0.2) is 6.07 Å². The Balaban J connectivity index is 2.57. The number of hydrogen-bond donors (Lipinski definition) is 4. The van der Waals surface area contributed by atoms with E-state index in [1.807, 2.05) is 0 Å². The molecule has 0 aliphatic heterocycles. The highest BCUT2D eigenvalue weighted by molar-refractivity contribution is 5.93. The van der Waals surface area contributed by atoms with Gasteiger partial charge in [-0.1, -0.05) is 0 Å². The number of hydrogen-bond acceptors (Lipinski definition) is 4. The fourth-order valence-electron chi connectivity index (χ4n) is 1.27. The summed E-state index contributed by atoms with van der Waals surface area (Å²) in [7, 11) is 1.56. The van der Waals surface area contributed by atoms with Gasteiger partial charge in [-0.15, -0.1) is 0 Å². The molecule has 1 aromatic rings. The molecule has 0 spiro atoms. The smallest absolute Gasteiger partial charge is 0.269 e. The molecule has 0 bridgehead atoms. The molecular weight excluding hydrogens is 222 g/mol. The summed E-state index contributed by atoms with van der Waals surface area (Å²) in [5.74, 6) is -0.228. The summed E-state index contributed by atoms with van der Waals surface area (Å²) in [5.41, 5.74) is 4.98. The van der Waals surface area contributed by atoms with Gasteiger partial charge in [0.05, 0.1) is 5.41 Å². The Kier molecular flexibility index (Phi) is 3.72. The van der Waals surface area contributed by atoms with Crippen molar-refractivity contribution in [2.24, 2.45) is 5.41 Å². The molecule has 7 nitrogen and oxygen atoms in total. The molecule has 0 fully saturated rings. The fraction of sp³-hybridized carbons (Fsp3) is 0.500. The van der Waals surface area contributed by atoms with Crippen molar-refractivity contribution in [3.63, 3.8) is 0 Å². The number of aromatic nitrogens is 2. The molecule has 1 heterocycles. The highest BCUT2D eigenvalue weighted by Gasteiger charge is 2.27. The molecular formula is C10H17N5O2. The van der Waals surface area contributed by atoms with E-state index in [4.69, 9.17) is 5.73 Å². The van der Waals surface area contributed by atoms with Crippen LogP contribution in [-0.4, -0.2) is 35.6 Å². The molecule has 0 aliphatic carbocycles. The van der Waals surface area contributed by atoms with Gasteiger partial charge in [-0.05, 0) is 13.8 Å². The van der Waals surface area contributed by atoms with Crippen LogP contribution in [0.1, 0.15) is 24.3 Å². The van der Waals surface area contributed by atoms with E-state index in [1.165, 1.54) is 6.07 Å². The Morgan fingerprint density at radius 2 is 2.18 bits per heavy atom.